The lowest BCUT2D eigenvalue weighted by Gasteiger charge is -2.08. The lowest BCUT2D eigenvalue weighted by Crippen LogP contribution is -2.35. The van der Waals surface area contributed by atoms with Crippen LogP contribution in [0.15, 0.2) is 21.7 Å². The van der Waals surface area contributed by atoms with Crippen LogP contribution in [0.1, 0.15) is 15.6 Å². The van der Waals surface area contributed by atoms with Gasteiger partial charge in [0, 0.05) is 12.5 Å². The molecule has 1 aromatic carbocycles. The minimum atomic E-state index is -0.643. The molecule has 0 aliphatic carbocycles. The number of halogens is 1. The molecule has 7 nitrogen and oxygen atoms in total. The fourth-order valence-corrected chi connectivity index (χ4v) is 3.88. The molecule has 0 radical (unpaired) electrons. The highest BCUT2D eigenvalue weighted by Gasteiger charge is 2.18. The SMILES string of the molecule is COc1cc2c(=O)n(Cc3nc4c(s3)COCC4)c(=O)[nH]c2cc1F. The molecule has 0 atom stereocenters. The molecule has 0 unspecified atom stereocenters. The molecule has 0 bridgehead atoms. The number of thiazole rings is 1. The number of rotatable bonds is 3. The highest BCUT2D eigenvalue weighted by Crippen LogP contribution is 2.24. The monoisotopic (exact) mass is 363 g/mol. The van der Waals surface area contributed by atoms with Gasteiger partial charge in [-0.1, -0.05) is 0 Å². The summed E-state index contributed by atoms with van der Waals surface area (Å²) in [7, 11) is 1.32. The Balaban J connectivity index is 1.81. The summed E-state index contributed by atoms with van der Waals surface area (Å²) in [5.74, 6) is -0.694. The molecule has 1 N–H and O–H groups in total. The minimum Gasteiger partial charge on any atom is -0.494 e. The number of nitrogens with one attached hydrogen (secondary N) is 1. The summed E-state index contributed by atoms with van der Waals surface area (Å²) >= 11 is 1.43. The zero-order valence-electron chi connectivity index (χ0n) is 13.3. The van der Waals surface area contributed by atoms with Crippen molar-refractivity contribution in [2.75, 3.05) is 13.7 Å². The van der Waals surface area contributed by atoms with Crippen LogP contribution in [0.3, 0.4) is 0 Å². The summed E-state index contributed by atoms with van der Waals surface area (Å²) in [6, 6.07) is 2.38. The van der Waals surface area contributed by atoms with Gasteiger partial charge in [-0.3, -0.25) is 9.36 Å². The molecule has 0 saturated carbocycles. The standard InChI is InChI=1S/C16H14FN3O4S/c1-23-12-4-8-11(5-9(12)17)19-16(22)20(15(8)21)6-14-18-10-2-3-24-7-13(10)25-14/h4-5H,2-3,6-7H2,1H3,(H,19,22). The van der Waals surface area contributed by atoms with E-state index in [1.54, 1.807) is 0 Å². The number of ether oxygens (including phenoxy) is 2. The quantitative estimate of drug-likeness (QED) is 0.761. The van der Waals surface area contributed by atoms with Gasteiger partial charge in [0.2, 0.25) is 0 Å². The van der Waals surface area contributed by atoms with Crippen LogP contribution in [0.2, 0.25) is 0 Å². The van der Waals surface area contributed by atoms with Gasteiger partial charge in [0.15, 0.2) is 11.6 Å². The summed E-state index contributed by atoms with van der Waals surface area (Å²) in [6.07, 6.45) is 0.727. The first-order valence-corrected chi connectivity index (χ1v) is 8.44. The first kappa shape index (κ1) is 16.0. The van der Waals surface area contributed by atoms with Crippen LogP contribution in [-0.2, 0) is 24.3 Å². The number of hydrogen-bond donors (Lipinski definition) is 1. The molecule has 9 heteroatoms. The topological polar surface area (TPSA) is 86.2 Å². The van der Waals surface area contributed by atoms with E-state index in [9.17, 15) is 14.0 Å². The van der Waals surface area contributed by atoms with Crippen LogP contribution in [-0.4, -0.2) is 28.3 Å². The highest BCUT2D eigenvalue weighted by atomic mass is 32.1. The third kappa shape index (κ3) is 2.75. The van der Waals surface area contributed by atoms with Crippen molar-refractivity contribution in [3.8, 4) is 5.75 Å². The van der Waals surface area contributed by atoms with Crippen LogP contribution >= 0.6 is 11.3 Å². The van der Waals surface area contributed by atoms with E-state index in [-0.39, 0.29) is 23.2 Å². The molecule has 1 aliphatic heterocycles. The molecule has 3 aromatic rings. The zero-order valence-corrected chi connectivity index (χ0v) is 14.1. The smallest absolute Gasteiger partial charge is 0.329 e. The second kappa shape index (κ2) is 6.08. The summed E-state index contributed by atoms with van der Waals surface area (Å²) in [6.45, 7) is 1.19. The van der Waals surface area contributed by atoms with E-state index in [0.717, 1.165) is 27.6 Å². The van der Waals surface area contributed by atoms with Crippen LogP contribution in [0.5, 0.6) is 5.75 Å². The Bertz CT molecular complexity index is 1060. The maximum atomic E-state index is 13.8. The Kier molecular flexibility index (Phi) is 3.89. The third-order valence-corrected chi connectivity index (χ3v) is 5.14. The Morgan fingerprint density at radius 2 is 2.28 bits per heavy atom. The van der Waals surface area contributed by atoms with Crippen molar-refractivity contribution < 1.29 is 13.9 Å². The maximum absolute atomic E-state index is 13.8. The van der Waals surface area contributed by atoms with E-state index in [4.69, 9.17) is 9.47 Å². The molecule has 0 amide bonds. The highest BCUT2D eigenvalue weighted by molar-refractivity contribution is 7.11. The van der Waals surface area contributed by atoms with Crippen molar-refractivity contribution in [2.24, 2.45) is 0 Å². The van der Waals surface area contributed by atoms with E-state index >= 15 is 0 Å². The zero-order chi connectivity index (χ0) is 17.6. The number of fused-ring (bicyclic) bond motifs is 2. The number of benzene rings is 1. The van der Waals surface area contributed by atoms with E-state index < -0.39 is 17.1 Å². The molecule has 130 valence electrons. The van der Waals surface area contributed by atoms with Gasteiger partial charge in [-0.05, 0) is 6.07 Å². The minimum absolute atomic E-state index is 0.0509. The lowest BCUT2D eigenvalue weighted by atomic mass is 10.2. The predicted molar refractivity (Wildman–Crippen MR) is 89.9 cm³/mol. The number of methoxy groups -OCH3 is 1. The van der Waals surface area contributed by atoms with Crippen molar-refractivity contribution in [1.29, 1.82) is 0 Å². The van der Waals surface area contributed by atoms with Gasteiger partial charge >= 0.3 is 5.69 Å². The number of aromatic nitrogens is 3. The van der Waals surface area contributed by atoms with E-state index in [0.29, 0.717) is 18.2 Å². The van der Waals surface area contributed by atoms with E-state index in [1.807, 2.05) is 0 Å². The first-order valence-electron chi connectivity index (χ1n) is 7.62. The van der Waals surface area contributed by atoms with Gasteiger partial charge in [-0.15, -0.1) is 11.3 Å². The fraction of sp³-hybridized carbons (Fsp3) is 0.312. The van der Waals surface area contributed by atoms with Crippen LogP contribution in [0, 0.1) is 5.82 Å². The molecule has 0 fully saturated rings. The average molecular weight is 363 g/mol. The summed E-state index contributed by atoms with van der Waals surface area (Å²) in [5, 5.41) is 0.846. The first-order chi connectivity index (χ1) is 12.1. The third-order valence-electron chi connectivity index (χ3n) is 4.09. The van der Waals surface area contributed by atoms with Crippen molar-refractivity contribution in [3.05, 3.63) is 54.4 Å². The Hall–Kier alpha value is -2.52. The van der Waals surface area contributed by atoms with Gasteiger partial charge in [-0.25, -0.2) is 14.2 Å². The molecular formula is C16H14FN3O4S. The lowest BCUT2D eigenvalue weighted by molar-refractivity contribution is 0.112. The second-order valence-electron chi connectivity index (χ2n) is 5.63. The molecule has 3 heterocycles. The second-order valence-corrected chi connectivity index (χ2v) is 6.80. The maximum Gasteiger partial charge on any atom is 0.329 e. The van der Waals surface area contributed by atoms with Crippen molar-refractivity contribution in [2.45, 2.75) is 19.6 Å². The van der Waals surface area contributed by atoms with E-state index in [2.05, 4.69) is 9.97 Å². The molecule has 25 heavy (non-hydrogen) atoms. The fourth-order valence-electron chi connectivity index (χ4n) is 2.84. The molecule has 0 saturated heterocycles. The number of hydrogen-bond acceptors (Lipinski definition) is 6. The summed E-state index contributed by atoms with van der Waals surface area (Å²) in [5.41, 5.74) is -0.0235. The number of H-pyrrole nitrogens is 1. The largest absolute Gasteiger partial charge is 0.494 e. The molecule has 0 spiro atoms. The Morgan fingerprint density at radius 3 is 3.04 bits per heavy atom. The average Bonchev–Trinajstić information content (AvgIpc) is 3.01. The van der Waals surface area contributed by atoms with Gasteiger partial charge in [0.1, 0.15) is 5.01 Å². The van der Waals surface area contributed by atoms with Crippen molar-refractivity contribution in [3.63, 3.8) is 0 Å². The molecule has 2 aromatic heterocycles. The van der Waals surface area contributed by atoms with Crippen LogP contribution < -0.4 is 16.0 Å². The van der Waals surface area contributed by atoms with Crippen LogP contribution in [0.4, 0.5) is 4.39 Å². The molecule has 1 aliphatic rings. The Morgan fingerprint density at radius 1 is 1.44 bits per heavy atom. The number of nitrogens with zero attached hydrogens (tertiary/aromatic N) is 2. The van der Waals surface area contributed by atoms with Gasteiger partial charge in [-0.2, -0.15) is 0 Å². The van der Waals surface area contributed by atoms with Gasteiger partial charge in [0.25, 0.3) is 5.56 Å². The Labute approximate surface area is 144 Å². The van der Waals surface area contributed by atoms with Crippen molar-refractivity contribution >= 4 is 22.2 Å². The van der Waals surface area contributed by atoms with Gasteiger partial charge < -0.3 is 14.5 Å². The number of aromatic amines is 1. The predicted octanol–water partition coefficient (Wildman–Crippen LogP) is 1.41. The van der Waals surface area contributed by atoms with Crippen LogP contribution in [0.25, 0.3) is 10.9 Å². The summed E-state index contributed by atoms with van der Waals surface area (Å²) < 4.78 is 25.1. The van der Waals surface area contributed by atoms with E-state index in [1.165, 1.54) is 24.5 Å². The normalized spacial score (nSPS) is 13.8. The molecule has 4 rings (SSSR count). The van der Waals surface area contributed by atoms with Gasteiger partial charge in [0.05, 0.1) is 48.3 Å². The molecular weight excluding hydrogens is 349 g/mol. The summed E-state index contributed by atoms with van der Waals surface area (Å²) in [4.78, 5) is 33.0. The van der Waals surface area contributed by atoms with Crippen molar-refractivity contribution in [1.82, 2.24) is 14.5 Å².